The lowest BCUT2D eigenvalue weighted by molar-refractivity contribution is -0.00570. The van der Waals surface area contributed by atoms with Crippen molar-refractivity contribution in [2.45, 2.75) is 39.2 Å². The quantitative estimate of drug-likeness (QED) is 0.647. The standard InChI is InChI=1S/C10H20O2/c1-3-9(2)12-8-10-4-6-11-7-5-10/h9-10H,3-8H2,1-2H3. The van der Waals surface area contributed by atoms with Crippen LogP contribution in [-0.4, -0.2) is 25.9 Å². The normalized spacial score (nSPS) is 22.5. The summed E-state index contributed by atoms with van der Waals surface area (Å²) in [6.45, 7) is 7.08. The summed E-state index contributed by atoms with van der Waals surface area (Å²) in [5.74, 6) is 0.743. The van der Waals surface area contributed by atoms with Crippen molar-refractivity contribution in [1.82, 2.24) is 0 Å². The van der Waals surface area contributed by atoms with E-state index in [4.69, 9.17) is 9.47 Å². The minimum absolute atomic E-state index is 0.424. The maximum atomic E-state index is 5.68. The Hall–Kier alpha value is -0.0800. The lowest BCUT2D eigenvalue weighted by atomic mass is 10.0. The predicted octanol–water partition coefficient (Wildman–Crippen LogP) is 2.23. The molecule has 0 aromatic carbocycles. The lowest BCUT2D eigenvalue weighted by Crippen LogP contribution is -2.22. The van der Waals surface area contributed by atoms with Crippen LogP contribution < -0.4 is 0 Å². The summed E-state index contributed by atoms with van der Waals surface area (Å²) >= 11 is 0. The monoisotopic (exact) mass is 172 g/mol. The second-order valence-electron chi connectivity index (χ2n) is 3.61. The SMILES string of the molecule is CCC(C)OCC1CCOCC1. The molecular formula is C10H20O2. The molecule has 0 saturated carbocycles. The van der Waals surface area contributed by atoms with E-state index in [0.717, 1.165) is 32.2 Å². The molecule has 0 spiro atoms. The van der Waals surface area contributed by atoms with E-state index in [9.17, 15) is 0 Å². The van der Waals surface area contributed by atoms with Crippen LogP contribution >= 0.6 is 0 Å². The highest BCUT2D eigenvalue weighted by atomic mass is 16.5. The van der Waals surface area contributed by atoms with E-state index in [1.807, 2.05) is 0 Å². The van der Waals surface area contributed by atoms with Gasteiger partial charge in [-0.15, -0.1) is 0 Å². The largest absolute Gasteiger partial charge is 0.381 e. The van der Waals surface area contributed by atoms with Crippen molar-refractivity contribution in [3.8, 4) is 0 Å². The van der Waals surface area contributed by atoms with E-state index in [2.05, 4.69) is 13.8 Å². The third kappa shape index (κ3) is 3.55. The van der Waals surface area contributed by atoms with Gasteiger partial charge in [0, 0.05) is 19.8 Å². The van der Waals surface area contributed by atoms with Crippen LogP contribution in [0.2, 0.25) is 0 Å². The first-order valence-corrected chi connectivity index (χ1v) is 5.02. The second kappa shape index (κ2) is 5.55. The summed E-state index contributed by atoms with van der Waals surface area (Å²) in [7, 11) is 0. The van der Waals surface area contributed by atoms with Crippen molar-refractivity contribution in [1.29, 1.82) is 0 Å². The zero-order valence-electron chi connectivity index (χ0n) is 8.21. The van der Waals surface area contributed by atoms with Gasteiger partial charge < -0.3 is 9.47 Å². The van der Waals surface area contributed by atoms with Crippen molar-refractivity contribution in [2.24, 2.45) is 5.92 Å². The Morgan fingerprint density at radius 3 is 2.67 bits per heavy atom. The van der Waals surface area contributed by atoms with Gasteiger partial charge in [-0.2, -0.15) is 0 Å². The Labute approximate surface area is 75.2 Å². The van der Waals surface area contributed by atoms with E-state index in [1.54, 1.807) is 0 Å². The Bertz CT molecular complexity index is 108. The molecule has 0 aromatic rings. The van der Waals surface area contributed by atoms with Crippen molar-refractivity contribution >= 4 is 0 Å². The van der Waals surface area contributed by atoms with E-state index in [1.165, 1.54) is 12.8 Å². The van der Waals surface area contributed by atoms with Crippen molar-refractivity contribution in [3.05, 3.63) is 0 Å². The third-order valence-electron chi connectivity index (χ3n) is 2.53. The second-order valence-corrected chi connectivity index (χ2v) is 3.61. The molecular weight excluding hydrogens is 152 g/mol. The Kier molecular flexibility index (Phi) is 4.62. The highest BCUT2D eigenvalue weighted by Crippen LogP contribution is 2.15. The van der Waals surface area contributed by atoms with Gasteiger partial charge in [0.25, 0.3) is 0 Å². The number of rotatable bonds is 4. The van der Waals surface area contributed by atoms with Crippen molar-refractivity contribution in [3.63, 3.8) is 0 Å². The average molecular weight is 172 g/mol. The Balaban J connectivity index is 2.05. The summed E-state index contributed by atoms with van der Waals surface area (Å²) in [4.78, 5) is 0. The van der Waals surface area contributed by atoms with Gasteiger partial charge in [0.05, 0.1) is 6.10 Å². The Morgan fingerprint density at radius 2 is 2.08 bits per heavy atom. The van der Waals surface area contributed by atoms with Gasteiger partial charge >= 0.3 is 0 Å². The highest BCUT2D eigenvalue weighted by molar-refractivity contribution is 4.62. The molecule has 1 unspecified atom stereocenters. The minimum atomic E-state index is 0.424. The van der Waals surface area contributed by atoms with Gasteiger partial charge in [-0.3, -0.25) is 0 Å². The van der Waals surface area contributed by atoms with Crippen LogP contribution in [0.25, 0.3) is 0 Å². The van der Waals surface area contributed by atoms with Crippen LogP contribution in [0.4, 0.5) is 0 Å². The maximum Gasteiger partial charge on any atom is 0.0544 e. The summed E-state index contributed by atoms with van der Waals surface area (Å²) < 4.78 is 11.0. The molecule has 72 valence electrons. The fourth-order valence-corrected chi connectivity index (χ4v) is 1.33. The topological polar surface area (TPSA) is 18.5 Å². The van der Waals surface area contributed by atoms with Crippen molar-refractivity contribution in [2.75, 3.05) is 19.8 Å². The summed E-state index contributed by atoms with van der Waals surface area (Å²) in [5.41, 5.74) is 0. The van der Waals surface area contributed by atoms with Crippen LogP contribution in [0.1, 0.15) is 33.1 Å². The Morgan fingerprint density at radius 1 is 1.42 bits per heavy atom. The molecule has 1 saturated heterocycles. The molecule has 2 nitrogen and oxygen atoms in total. The van der Waals surface area contributed by atoms with Gasteiger partial charge in [0.1, 0.15) is 0 Å². The molecule has 1 atom stereocenters. The molecule has 1 heterocycles. The number of hydrogen-bond acceptors (Lipinski definition) is 2. The molecule has 1 aliphatic heterocycles. The molecule has 0 aliphatic carbocycles. The highest BCUT2D eigenvalue weighted by Gasteiger charge is 2.14. The molecule has 12 heavy (non-hydrogen) atoms. The summed E-state index contributed by atoms with van der Waals surface area (Å²) in [5, 5.41) is 0. The number of ether oxygens (including phenoxy) is 2. The molecule has 1 aliphatic rings. The average Bonchev–Trinajstić information content (AvgIpc) is 2.16. The van der Waals surface area contributed by atoms with Gasteiger partial charge in [0.15, 0.2) is 0 Å². The first-order chi connectivity index (χ1) is 5.83. The number of hydrogen-bond donors (Lipinski definition) is 0. The third-order valence-corrected chi connectivity index (χ3v) is 2.53. The van der Waals surface area contributed by atoms with Crippen LogP contribution in [0.15, 0.2) is 0 Å². The molecule has 0 aromatic heterocycles. The first kappa shape index (κ1) is 10.0. The van der Waals surface area contributed by atoms with Gasteiger partial charge in [-0.1, -0.05) is 6.92 Å². The molecule has 2 heteroatoms. The van der Waals surface area contributed by atoms with Gasteiger partial charge in [-0.05, 0) is 32.1 Å². The van der Waals surface area contributed by atoms with E-state index in [-0.39, 0.29) is 0 Å². The van der Waals surface area contributed by atoms with Crippen LogP contribution in [0.5, 0.6) is 0 Å². The fraction of sp³-hybridized carbons (Fsp3) is 1.00. The maximum absolute atomic E-state index is 5.68. The van der Waals surface area contributed by atoms with Gasteiger partial charge in [-0.25, -0.2) is 0 Å². The van der Waals surface area contributed by atoms with Crippen LogP contribution in [0, 0.1) is 5.92 Å². The van der Waals surface area contributed by atoms with Crippen molar-refractivity contribution < 1.29 is 9.47 Å². The molecule has 0 amide bonds. The summed E-state index contributed by atoms with van der Waals surface area (Å²) in [6.07, 6.45) is 3.89. The van der Waals surface area contributed by atoms with E-state index < -0.39 is 0 Å². The van der Waals surface area contributed by atoms with Gasteiger partial charge in [0.2, 0.25) is 0 Å². The van der Waals surface area contributed by atoms with E-state index in [0.29, 0.717) is 6.10 Å². The zero-order chi connectivity index (χ0) is 8.81. The smallest absolute Gasteiger partial charge is 0.0544 e. The molecule has 1 fully saturated rings. The molecule has 0 bridgehead atoms. The summed E-state index contributed by atoms with van der Waals surface area (Å²) in [6, 6.07) is 0. The van der Waals surface area contributed by atoms with Crippen LogP contribution in [-0.2, 0) is 9.47 Å². The van der Waals surface area contributed by atoms with Crippen LogP contribution in [0.3, 0.4) is 0 Å². The first-order valence-electron chi connectivity index (χ1n) is 5.02. The zero-order valence-corrected chi connectivity index (χ0v) is 8.21. The van der Waals surface area contributed by atoms with E-state index >= 15 is 0 Å². The predicted molar refractivity (Wildman–Crippen MR) is 49.2 cm³/mol. The minimum Gasteiger partial charge on any atom is -0.381 e. The molecule has 1 rings (SSSR count). The molecule has 0 radical (unpaired) electrons. The lowest BCUT2D eigenvalue weighted by Gasteiger charge is -2.23. The molecule has 0 N–H and O–H groups in total. The fourth-order valence-electron chi connectivity index (χ4n) is 1.33.